The van der Waals surface area contributed by atoms with Crippen LogP contribution in [0.2, 0.25) is 6.32 Å². The predicted molar refractivity (Wildman–Crippen MR) is 99.9 cm³/mol. The number of nitrogens with zero attached hydrogens (tertiary/aromatic N) is 1. The number of carbonyl (C=O) groups is 1. The fourth-order valence-corrected chi connectivity index (χ4v) is 3.22. The van der Waals surface area contributed by atoms with Gasteiger partial charge in [-0.15, -0.1) is 0 Å². The zero-order valence-corrected chi connectivity index (χ0v) is 16.8. The summed E-state index contributed by atoms with van der Waals surface area (Å²) in [5.74, 6) is 0.112. The maximum absolute atomic E-state index is 11.8. The number of amides is 1. The smallest absolute Gasteiger partial charge is 0.403 e. The standard InChI is InChI=1S/C18H37BN2O3/c1-15(22)21(7)18(6,12-10-14-20)11-8-9-13-19-23-16(2,3)17(4,5)24-19/h8-14,20H2,1-7H3. The van der Waals surface area contributed by atoms with E-state index < -0.39 is 0 Å². The lowest BCUT2D eigenvalue weighted by atomic mass is 9.80. The molecule has 0 aromatic heterocycles. The molecule has 0 saturated carbocycles. The SMILES string of the molecule is CC(=O)N(C)C(C)(CCCN)CCCCB1OC(C)(C)C(C)(C)O1. The van der Waals surface area contributed by atoms with Crippen LogP contribution in [0.1, 0.15) is 73.6 Å². The van der Waals surface area contributed by atoms with Gasteiger partial charge in [0.05, 0.1) is 11.2 Å². The molecule has 0 aliphatic carbocycles. The lowest BCUT2D eigenvalue weighted by Crippen LogP contribution is -2.46. The van der Waals surface area contributed by atoms with E-state index in [1.807, 2.05) is 11.9 Å². The summed E-state index contributed by atoms with van der Waals surface area (Å²) < 4.78 is 12.1. The molecule has 2 N–H and O–H groups in total. The van der Waals surface area contributed by atoms with Crippen LogP contribution in [0.3, 0.4) is 0 Å². The topological polar surface area (TPSA) is 64.8 Å². The van der Waals surface area contributed by atoms with E-state index in [0.717, 1.165) is 38.4 Å². The normalized spacial score (nSPS) is 21.6. The molecule has 1 unspecified atom stereocenters. The Morgan fingerprint density at radius 1 is 1.08 bits per heavy atom. The first-order valence-corrected chi connectivity index (χ1v) is 9.25. The third-order valence-corrected chi connectivity index (χ3v) is 5.91. The monoisotopic (exact) mass is 340 g/mol. The first kappa shape index (κ1) is 21.5. The fourth-order valence-electron chi connectivity index (χ4n) is 3.22. The Morgan fingerprint density at radius 2 is 1.58 bits per heavy atom. The van der Waals surface area contributed by atoms with Gasteiger partial charge in [-0.1, -0.05) is 12.8 Å². The van der Waals surface area contributed by atoms with Gasteiger partial charge in [-0.05, 0) is 66.7 Å². The number of unbranched alkanes of at least 4 members (excludes halogenated alkanes) is 1. The van der Waals surface area contributed by atoms with E-state index in [2.05, 4.69) is 34.6 Å². The summed E-state index contributed by atoms with van der Waals surface area (Å²) in [6.45, 7) is 12.8. The van der Waals surface area contributed by atoms with Crippen molar-refractivity contribution in [2.45, 2.75) is 96.7 Å². The summed E-state index contributed by atoms with van der Waals surface area (Å²) >= 11 is 0. The molecule has 0 bridgehead atoms. The van der Waals surface area contributed by atoms with Crippen LogP contribution in [0.15, 0.2) is 0 Å². The summed E-state index contributed by atoms with van der Waals surface area (Å²) in [4.78, 5) is 13.7. The Kier molecular flexibility index (Phi) is 7.33. The molecule has 1 amide bonds. The molecule has 140 valence electrons. The van der Waals surface area contributed by atoms with Gasteiger partial charge < -0.3 is 19.9 Å². The summed E-state index contributed by atoms with van der Waals surface area (Å²) in [6, 6.07) is 0. The zero-order chi connectivity index (χ0) is 18.6. The Balaban J connectivity index is 2.47. The zero-order valence-electron chi connectivity index (χ0n) is 16.8. The average Bonchev–Trinajstić information content (AvgIpc) is 2.68. The van der Waals surface area contributed by atoms with Crippen LogP contribution in [0.4, 0.5) is 0 Å². The molecule has 1 atom stereocenters. The predicted octanol–water partition coefficient (Wildman–Crippen LogP) is 3.22. The molecule has 1 aliphatic rings. The Hall–Kier alpha value is -0.585. The van der Waals surface area contributed by atoms with Gasteiger partial charge >= 0.3 is 7.12 Å². The Labute approximate surface area is 148 Å². The van der Waals surface area contributed by atoms with Crippen molar-refractivity contribution < 1.29 is 14.1 Å². The largest absolute Gasteiger partial charge is 0.457 e. The van der Waals surface area contributed by atoms with E-state index >= 15 is 0 Å². The van der Waals surface area contributed by atoms with Crippen molar-refractivity contribution in [2.24, 2.45) is 5.73 Å². The van der Waals surface area contributed by atoms with Crippen LogP contribution in [0, 0.1) is 0 Å². The van der Waals surface area contributed by atoms with Gasteiger partial charge in [0.2, 0.25) is 5.91 Å². The minimum atomic E-state index is -0.262. The van der Waals surface area contributed by atoms with Gasteiger partial charge in [0, 0.05) is 19.5 Å². The molecular weight excluding hydrogens is 303 g/mol. The van der Waals surface area contributed by atoms with Gasteiger partial charge in [0.1, 0.15) is 0 Å². The number of carbonyl (C=O) groups excluding carboxylic acids is 1. The summed E-state index contributed by atoms with van der Waals surface area (Å²) in [6.07, 6.45) is 5.82. The second-order valence-electron chi connectivity index (χ2n) is 8.40. The molecule has 5 nitrogen and oxygen atoms in total. The van der Waals surface area contributed by atoms with E-state index in [0.29, 0.717) is 6.54 Å². The van der Waals surface area contributed by atoms with Gasteiger partial charge in [0.15, 0.2) is 0 Å². The maximum atomic E-state index is 11.8. The van der Waals surface area contributed by atoms with Crippen molar-refractivity contribution in [3.05, 3.63) is 0 Å². The van der Waals surface area contributed by atoms with Crippen LogP contribution < -0.4 is 5.73 Å². The van der Waals surface area contributed by atoms with Crippen LogP contribution >= 0.6 is 0 Å². The van der Waals surface area contributed by atoms with Crippen LogP contribution in [-0.2, 0) is 14.1 Å². The molecule has 1 rings (SSSR count). The molecule has 0 radical (unpaired) electrons. The van der Waals surface area contributed by atoms with Crippen LogP contribution in [-0.4, -0.2) is 48.3 Å². The molecule has 1 aliphatic heterocycles. The Morgan fingerprint density at radius 3 is 2.04 bits per heavy atom. The second-order valence-corrected chi connectivity index (χ2v) is 8.40. The minimum absolute atomic E-state index is 0.112. The van der Waals surface area contributed by atoms with E-state index in [1.165, 1.54) is 0 Å². The molecule has 0 aromatic carbocycles. The van der Waals surface area contributed by atoms with Gasteiger partial charge in [0.25, 0.3) is 0 Å². The van der Waals surface area contributed by atoms with E-state index in [4.69, 9.17) is 15.0 Å². The summed E-state index contributed by atoms with van der Waals surface area (Å²) in [5.41, 5.74) is 5.02. The number of nitrogens with two attached hydrogens (primary N) is 1. The van der Waals surface area contributed by atoms with E-state index in [9.17, 15) is 4.79 Å². The number of rotatable bonds is 9. The highest BCUT2D eigenvalue weighted by atomic mass is 16.7. The molecule has 0 aromatic rings. The van der Waals surface area contributed by atoms with Crippen LogP contribution in [0.5, 0.6) is 0 Å². The van der Waals surface area contributed by atoms with Gasteiger partial charge in [-0.3, -0.25) is 4.79 Å². The molecule has 1 heterocycles. The molecule has 6 heteroatoms. The number of hydrogen-bond donors (Lipinski definition) is 1. The molecule has 1 saturated heterocycles. The maximum Gasteiger partial charge on any atom is 0.457 e. The lowest BCUT2D eigenvalue weighted by molar-refractivity contribution is -0.133. The third-order valence-electron chi connectivity index (χ3n) is 5.91. The summed E-state index contributed by atoms with van der Waals surface area (Å²) in [5, 5.41) is 0. The van der Waals surface area contributed by atoms with Gasteiger partial charge in [-0.2, -0.15) is 0 Å². The highest BCUT2D eigenvalue weighted by Crippen LogP contribution is 2.38. The van der Waals surface area contributed by atoms with Crippen molar-refractivity contribution in [1.82, 2.24) is 4.90 Å². The first-order chi connectivity index (χ1) is 11.0. The van der Waals surface area contributed by atoms with Crippen LogP contribution in [0.25, 0.3) is 0 Å². The first-order valence-electron chi connectivity index (χ1n) is 9.25. The van der Waals surface area contributed by atoms with Crippen molar-refractivity contribution in [3.8, 4) is 0 Å². The molecule has 1 fully saturated rings. The van der Waals surface area contributed by atoms with Crippen molar-refractivity contribution in [1.29, 1.82) is 0 Å². The van der Waals surface area contributed by atoms with Crippen molar-refractivity contribution in [3.63, 3.8) is 0 Å². The van der Waals surface area contributed by atoms with Crippen molar-refractivity contribution >= 4 is 13.0 Å². The van der Waals surface area contributed by atoms with E-state index in [-0.39, 0.29) is 29.8 Å². The molecule has 0 spiro atoms. The summed E-state index contributed by atoms with van der Waals surface area (Å²) in [7, 11) is 1.77. The fraction of sp³-hybridized carbons (Fsp3) is 0.944. The third kappa shape index (κ3) is 5.20. The van der Waals surface area contributed by atoms with Crippen molar-refractivity contribution in [2.75, 3.05) is 13.6 Å². The highest BCUT2D eigenvalue weighted by Gasteiger charge is 2.50. The van der Waals surface area contributed by atoms with E-state index in [1.54, 1.807) is 6.92 Å². The molecular formula is C18H37BN2O3. The minimum Gasteiger partial charge on any atom is -0.403 e. The van der Waals surface area contributed by atoms with Gasteiger partial charge in [-0.25, -0.2) is 0 Å². The Bertz CT molecular complexity index is 412. The quantitative estimate of drug-likeness (QED) is 0.517. The molecule has 24 heavy (non-hydrogen) atoms. The second kappa shape index (κ2) is 8.20. The lowest BCUT2D eigenvalue weighted by Gasteiger charge is -2.39. The average molecular weight is 340 g/mol. The highest BCUT2D eigenvalue weighted by molar-refractivity contribution is 6.45. The number of hydrogen-bond acceptors (Lipinski definition) is 4.